The maximum absolute atomic E-state index is 11.5. The molecule has 0 spiro atoms. The average molecular weight is 311 g/mol. The molecule has 3 rings (SSSR count). The lowest BCUT2D eigenvalue weighted by atomic mass is 10.2. The van der Waals surface area contributed by atoms with Crippen molar-refractivity contribution in [1.29, 1.82) is 0 Å². The van der Waals surface area contributed by atoms with E-state index in [1.54, 1.807) is 43.3 Å². The van der Waals surface area contributed by atoms with Gasteiger partial charge >= 0.3 is 5.97 Å². The lowest BCUT2D eigenvalue weighted by Gasteiger charge is -2.06. The summed E-state index contributed by atoms with van der Waals surface area (Å²) in [4.78, 5) is 15.6. The third-order valence-electron chi connectivity index (χ3n) is 2.93. The fourth-order valence-corrected chi connectivity index (χ4v) is 1.86. The van der Waals surface area contributed by atoms with Crippen molar-refractivity contribution < 1.29 is 18.7 Å². The van der Waals surface area contributed by atoms with Gasteiger partial charge in [-0.1, -0.05) is 0 Å². The predicted octanol–water partition coefficient (Wildman–Crippen LogP) is 3.10. The molecule has 0 aliphatic carbocycles. The number of aromatic nitrogens is 3. The fraction of sp³-hybridized carbons (Fsp3) is 0.125. The number of carbonyl (C=O) groups is 1. The Morgan fingerprint density at radius 3 is 2.61 bits per heavy atom. The average Bonchev–Trinajstić information content (AvgIpc) is 3.11. The minimum Gasteiger partial charge on any atom is -0.462 e. The lowest BCUT2D eigenvalue weighted by molar-refractivity contribution is 0.0526. The van der Waals surface area contributed by atoms with Crippen LogP contribution in [-0.2, 0) is 4.74 Å². The van der Waals surface area contributed by atoms with Gasteiger partial charge in [0.1, 0.15) is 5.75 Å². The molecule has 0 radical (unpaired) electrons. The number of hydrogen-bond donors (Lipinski definition) is 0. The Kier molecular flexibility index (Phi) is 4.28. The van der Waals surface area contributed by atoms with Gasteiger partial charge in [-0.15, -0.1) is 10.2 Å². The Morgan fingerprint density at radius 2 is 2.00 bits per heavy atom. The summed E-state index contributed by atoms with van der Waals surface area (Å²) >= 11 is 0. The van der Waals surface area contributed by atoms with Gasteiger partial charge in [-0.3, -0.25) is 0 Å². The molecule has 0 N–H and O–H groups in total. The van der Waals surface area contributed by atoms with E-state index in [2.05, 4.69) is 15.2 Å². The molecule has 0 unspecified atom stereocenters. The summed E-state index contributed by atoms with van der Waals surface area (Å²) in [5.74, 6) is 1.01. The Hall–Kier alpha value is -3.22. The van der Waals surface area contributed by atoms with E-state index >= 15 is 0 Å². The van der Waals surface area contributed by atoms with Gasteiger partial charge in [0.2, 0.25) is 18.2 Å². The molecule has 0 fully saturated rings. The second-order valence-corrected chi connectivity index (χ2v) is 4.48. The molecular weight excluding hydrogens is 298 g/mol. The van der Waals surface area contributed by atoms with Crippen LogP contribution in [0, 0.1) is 0 Å². The van der Waals surface area contributed by atoms with E-state index in [4.69, 9.17) is 13.9 Å². The first-order chi connectivity index (χ1) is 11.3. The Balaban J connectivity index is 1.68. The van der Waals surface area contributed by atoms with Crippen LogP contribution in [0.25, 0.3) is 11.5 Å². The monoisotopic (exact) mass is 311 g/mol. The zero-order valence-electron chi connectivity index (χ0n) is 12.3. The summed E-state index contributed by atoms with van der Waals surface area (Å²) < 4.78 is 15.6. The van der Waals surface area contributed by atoms with Crippen LogP contribution in [0.4, 0.5) is 0 Å². The van der Waals surface area contributed by atoms with Crippen LogP contribution in [0.2, 0.25) is 0 Å². The summed E-state index contributed by atoms with van der Waals surface area (Å²) in [5, 5.41) is 7.46. The Labute approximate surface area is 131 Å². The molecule has 0 amide bonds. The third kappa shape index (κ3) is 3.52. The number of carbonyl (C=O) groups excluding carboxylic acids is 1. The van der Waals surface area contributed by atoms with Gasteiger partial charge in [-0.25, -0.2) is 9.78 Å². The van der Waals surface area contributed by atoms with Crippen LogP contribution in [0.5, 0.6) is 11.6 Å². The molecule has 2 aromatic heterocycles. The highest BCUT2D eigenvalue weighted by molar-refractivity contribution is 5.89. The van der Waals surface area contributed by atoms with Gasteiger partial charge in [0, 0.05) is 17.8 Å². The molecule has 0 saturated carbocycles. The SMILES string of the molecule is CCOC(=O)c1ccc(Oc2ccc(-c3nnco3)cc2)nc1. The molecular formula is C16H13N3O4. The molecule has 7 nitrogen and oxygen atoms in total. The van der Waals surface area contributed by atoms with Crippen molar-refractivity contribution in [3.8, 4) is 23.1 Å². The first kappa shape index (κ1) is 14.7. The van der Waals surface area contributed by atoms with Gasteiger partial charge in [0.25, 0.3) is 0 Å². The van der Waals surface area contributed by atoms with Gasteiger partial charge in [-0.2, -0.15) is 0 Å². The molecule has 2 heterocycles. The summed E-state index contributed by atoms with van der Waals surface area (Å²) in [6.45, 7) is 2.07. The molecule has 0 aliphatic rings. The zero-order chi connectivity index (χ0) is 16.1. The number of esters is 1. The van der Waals surface area contributed by atoms with E-state index in [0.29, 0.717) is 29.7 Å². The van der Waals surface area contributed by atoms with Crippen molar-refractivity contribution in [3.63, 3.8) is 0 Å². The van der Waals surface area contributed by atoms with Crippen molar-refractivity contribution in [2.24, 2.45) is 0 Å². The minimum atomic E-state index is -0.407. The van der Waals surface area contributed by atoms with Crippen LogP contribution < -0.4 is 4.74 Å². The number of ether oxygens (including phenoxy) is 2. The van der Waals surface area contributed by atoms with Crippen molar-refractivity contribution in [1.82, 2.24) is 15.2 Å². The van der Waals surface area contributed by atoms with Gasteiger partial charge in [0.05, 0.1) is 12.2 Å². The number of hydrogen-bond acceptors (Lipinski definition) is 7. The van der Waals surface area contributed by atoms with E-state index in [9.17, 15) is 4.79 Å². The largest absolute Gasteiger partial charge is 0.462 e. The summed E-state index contributed by atoms with van der Waals surface area (Å²) in [6, 6.07) is 10.3. The van der Waals surface area contributed by atoms with E-state index in [1.807, 2.05) is 0 Å². The number of benzene rings is 1. The van der Waals surface area contributed by atoms with E-state index in [0.717, 1.165) is 5.56 Å². The lowest BCUT2D eigenvalue weighted by Crippen LogP contribution is -2.04. The molecule has 1 aromatic carbocycles. The second kappa shape index (κ2) is 6.69. The van der Waals surface area contributed by atoms with Crippen LogP contribution in [-0.4, -0.2) is 27.8 Å². The third-order valence-corrected chi connectivity index (χ3v) is 2.93. The van der Waals surface area contributed by atoms with Crippen molar-refractivity contribution in [2.45, 2.75) is 6.92 Å². The molecule has 0 atom stereocenters. The van der Waals surface area contributed by atoms with Crippen LogP contribution in [0.15, 0.2) is 53.4 Å². The number of pyridine rings is 1. The summed E-state index contributed by atoms with van der Waals surface area (Å²) in [7, 11) is 0. The van der Waals surface area contributed by atoms with Crippen molar-refractivity contribution >= 4 is 5.97 Å². The van der Waals surface area contributed by atoms with Crippen LogP contribution >= 0.6 is 0 Å². The quantitative estimate of drug-likeness (QED) is 0.669. The van der Waals surface area contributed by atoms with E-state index in [1.165, 1.54) is 12.6 Å². The fourth-order valence-electron chi connectivity index (χ4n) is 1.86. The first-order valence-corrected chi connectivity index (χ1v) is 6.94. The molecule has 3 aromatic rings. The summed E-state index contributed by atoms with van der Waals surface area (Å²) in [5.41, 5.74) is 1.17. The molecule has 0 aliphatic heterocycles. The van der Waals surface area contributed by atoms with Crippen molar-refractivity contribution in [2.75, 3.05) is 6.61 Å². The van der Waals surface area contributed by atoms with Crippen LogP contribution in [0.1, 0.15) is 17.3 Å². The van der Waals surface area contributed by atoms with Gasteiger partial charge in [-0.05, 0) is 37.3 Å². The maximum Gasteiger partial charge on any atom is 0.339 e. The molecule has 23 heavy (non-hydrogen) atoms. The summed E-state index contributed by atoms with van der Waals surface area (Å²) in [6.07, 6.45) is 2.69. The van der Waals surface area contributed by atoms with E-state index < -0.39 is 5.97 Å². The second-order valence-electron chi connectivity index (χ2n) is 4.48. The number of nitrogens with zero attached hydrogens (tertiary/aromatic N) is 3. The molecule has 0 bridgehead atoms. The van der Waals surface area contributed by atoms with Gasteiger partial charge < -0.3 is 13.9 Å². The molecule has 7 heteroatoms. The standard InChI is InChI=1S/C16H13N3O4/c1-2-21-16(20)12-5-8-14(17-9-12)23-13-6-3-11(4-7-13)15-19-18-10-22-15/h3-10H,2H2,1H3. The Bertz CT molecular complexity index is 768. The van der Waals surface area contributed by atoms with E-state index in [-0.39, 0.29) is 0 Å². The maximum atomic E-state index is 11.5. The first-order valence-electron chi connectivity index (χ1n) is 6.94. The highest BCUT2D eigenvalue weighted by Gasteiger charge is 2.08. The topological polar surface area (TPSA) is 87.3 Å². The highest BCUT2D eigenvalue weighted by atomic mass is 16.5. The Morgan fingerprint density at radius 1 is 1.17 bits per heavy atom. The normalized spacial score (nSPS) is 10.3. The smallest absolute Gasteiger partial charge is 0.339 e. The van der Waals surface area contributed by atoms with Gasteiger partial charge in [0.15, 0.2) is 0 Å². The minimum absolute atomic E-state index is 0.323. The highest BCUT2D eigenvalue weighted by Crippen LogP contribution is 2.23. The predicted molar refractivity (Wildman–Crippen MR) is 80.0 cm³/mol. The van der Waals surface area contributed by atoms with Crippen molar-refractivity contribution in [3.05, 3.63) is 54.6 Å². The van der Waals surface area contributed by atoms with Crippen LogP contribution in [0.3, 0.4) is 0 Å². The molecule has 116 valence electrons. The molecule has 0 saturated heterocycles. The number of rotatable bonds is 5. The zero-order valence-corrected chi connectivity index (χ0v) is 12.3.